The summed E-state index contributed by atoms with van der Waals surface area (Å²) >= 11 is 0. The van der Waals surface area contributed by atoms with Crippen molar-refractivity contribution in [2.75, 3.05) is 19.8 Å². The predicted molar refractivity (Wildman–Crippen MR) is 63.4 cm³/mol. The second-order valence-electron chi connectivity index (χ2n) is 4.25. The molecule has 1 fully saturated rings. The van der Waals surface area contributed by atoms with Crippen LogP contribution in [-0.4, -0.2) is 40.8 Å². The van der Waals surface area contributed by atoms with Crippen LogP contribution in [0.15, 0.2) is 12.3 Å². The summed E-state index contributed by atoms with van der Waals surface area (Å²) in [6.07, 6.45) is 4.96. The van der Waals surface area contributed by atoms with E-state index >= 15 is 0 Å². The number of piperidine rings is 1. The number of nitrogens with one attached hydrogen (secondary N) is 1. The number of aromatic amines is 1. The van der Waals surface area contributed by atoms with Crippen molar-refractivity contribution in [3.63, 3.8) is 0 Å². The van der Waals surface area contributed by atoms with Crippen LogP contribution in [0.5, 0.6) is 0 Å². The van der Waals surface area contributed by atoms with Gasteiger partial charge in [-0.1, -0.05) is 0 Å². The number of nitrogens with zero attached hydrogens (tertiary/aromatic N) is 2. The van der Waals surface area contributed by atoms with Crippen molar-refractivity contribution in [2.45, 2.75) is 32.2 Å². The molecule has 1 aliphatic rings. The van der Waals surface area contributed by atoms with Crippen molar-refractivity contribution in [3.8, 4) is 0 Å². The fourth-order valence-electron chi connectivity index (χ4n) is 2.28. The molecule has 0 bridgehead atoms. The molecular formula is C12H19N3O2. The molecule has 1 aliphatic heterocycles. The zero-order valence-corrected chi connectivity index (χ0v) is 10.2. The molecule has 1 N–H and O–H groups in total. The Morgan fingerprint density at radius 1 is 1.65 bits per heavy atom. The summed E-state index contributed by atoms with van der Waals surface area (Å²) in [6, 6.07) is 2.08. The van der Waals surface area contributed by atoms with Crippen LogP contribution in [0.2, 0.25) is 0 Å². The summed E-state index contributed by atoms with van der Waals surface area (Å²) < 4.78 is 5.20. The van der Waals surface area contributed by atoms with E-state index in [1.54, 1.807) is 6.20 Å². The van der Waals surface area contributed by atoms with Gasteiger partial charge in [0.2, 0.25) is 5.91 Å². The van der Waals surface area contributed by atoms with Gasteiger partial charge in [-0.15, -0.1) is 0 Å². The molecule has 0 saturated carbocycles. The van der Waals surface area contributed by atoms with Gasteiger partial charge in [0.15, 0.2) is 0 Å². The van der Waals surface area contributed by atoms with E-state index in [4.69, 9.17) is 4.74 Å². The quantitative estimate of drug-likeness (QED) is 0.863. The number of likely N-dealkylation sites (tertiary alicyclic amines) is 1. The fraction of sp³-hybridized carbons (Fsp3) is 0.667. The average Bonchev–Trinajstić information content (AvgIpc) is 2.89. The molecule has 2 rings (SSSR count). The van der Waals surface area contributed by atoms with Crippen LogP contribution in [0.3, 0.4) is 0 Å². The number of hydrogen-bond acceptors (Lipinski definition) is 3. The lowest BCUT2D eigenvalue weighted by Gasteiger charge is -2.35. The van der Waals surface area contributed by atoms with Crippen LogP contribution in [0.25, 0.3) is 0 Å². The largest absolute Gasteiger partial charge is 0.372 e. The average molecular weight is 237 g/mol. The van der Waals surface area contributed by atoms with E-state index in [-0.39, 0.29) is 18.6 Å². The molecule has 0 aliphatic carbocycles. The summed E-state index contributed by atoms with van der Waals surface area (Å²) in [5, 5.41) is 6.92. The van der Waals surface area contributed by atoms with Crippen molar-refractivity contribution < 1.29 is 9.53 Å². The van der Waals surface area contributed by atoms with Crippen molar-refractivity contribution in [1.82, 2.24) is 15.1 Å². The lowest BCUT2D eigenvalue weighted by atomic mass is 9.99. The normalized spacial score (nSPS) is 20.5. The highest BCUT2D eigenvalue weighted by atomic mass is 16.5. The zero-order chi connectivity index (χ0) is 12.1. The number of rotatable bonds is 4. The number of carbonyl (C=O) groups excluding carboxylic acids is 1. The SMILES string of the molecule is CCOCC(=O)N1CCCCC1c1ccn[nH]1. The molecule has 0 radical (unpaired) electrons. The molecular weight excluding hydrogens is 218 g/mol. The highest BCUT2D eigenvalue weighted by molar-refractivity contribution is 5.78. The van der Waals surface area contributed by atoms with Crippen molar-refractivity contribution in [3.05, 3.63) is 18.0 Å². The number of amides is 1. The third-order valence-corrected chi connectivity index (χ3v) is 3.13. The molecule has 1 aromatic rings. The number of ether oxygens (including phenoxy) is 1. The maximum atomic E-state index is 12.0. The lowest BCUT2D eigenvalue weighted by molar-refractivity contribution is -0.140. The molecule has 2 heterocycles. The van der Waals surface area contributed by atoms with Crippen LogP contribution in [0.1, 0.15) is 37.9 Å². The van der Waals surface area contributed by atoms with Gasteiger partial charge < -0.3 is 9.64 Å². The van der Waals surface area contributed by atoms with Gasteiger partial charge in [0, 0.05) is 19.3 Å². The Bertz CT molecular complexity index is 351. The number of carbonyl (C=O) groups is 1. The van der Waals surface area contributed by atoms with E-state index in [1.807, 2.05) is 17.9 Å². The summed E-state index contributed by atoms with van der Waals surface area (Å²) in [5.74, 6) is 0.0751. The van der Waals surface area contributed by atoms with E-state index in [1.165, 1.54) is 0 Å². The van der Waals surface area contributed by atoms with Gasteiger partial charge in [0.05, 0.1) is 11.7 Å². The van der Waals surface area contributed by atoms with E-state index < -0.39 is 0 Å². The highest BCUT2D eigenvalue weighted by Crippen LogP contribution is 2.29. The van der Waals surface area contributed by atoms with Crippen molar-refractivity contribution >= 4 is 5.91 Å². The van der Waals surface area contributed by atoms with E-state index in [0.717, 1.165) is 31.5 Å². The third-order valence-electron chi connectivity index (χ3n) is 3.13. The molecule has 5 heteroatoms. The predicted octanol–water partition coefficient (Wildman–Crippen LogP) is 1.50. The zero-order valence-electron chi connectivity index (χ0n) is 10.2. The van der Waals surface area contributed by atoms with Crippen molar-refractivity contribution in [2.24, 2.45) is 0 Å². The number of H-pyrrole nitrogens is 1. The molecule has 5 nitrogen and oxygen atoms in total. The molecule has 1 aromatic heterocycles. The standard InChI is InChI=1S/C12H19N3O2/c1-2-17-9-12(16)15-8-4-3-5-11(15)10-6-7-13-14-10/h6-7,11H,2-5,8-9H2,1H3,(H,13,14). The maximum absolute atomic E-state index is 12.0. The Kier molecular flexibility index (Phi) is 4.14. The molecule has 0 aromatic carbocycles. The Morgan fingerprint density at radius 2 is 2.53 bits per heavy atom. The highest BCUT2D eigenvalue weighted by Gasteiger charge is 2.28. The van der Waals surface area contributed by atoms with E-state index in [2.05, 4.69) is 10.2 Å². The minimum atomic E-state index is 0.0751. The van der Waals surface area contributed by atoms with Gasteiger partial charge in [0.1, 0.15) is 6.61 Å². The summed E-state index contributed by atoms with van der Waals surface area (Å²) in [5.41, 5.74) is 1.02. The number of hydrogen-bond donors (Lipinski definition) is 1. The molecule has 94 valence electrons. The Morgan fingerprint density at radius 3 is 3.24 bits per heavy atom. The molecule has 1 amide bonds. The minimum Gasteiger partial charge on any atom is -0.372 e. The van der Waals surface area contributed by atoms with Crippen LogP contribution in [0.4, 0.5) is 0 Å². The monoisotopic (exact) mass is 237 g/mol. The molecule has 1 atom stereocenters. The van der Waals surface area contributed by atoms with Gasteiger partial charge in [-0.3, -0.25) is 9.89 Å². The molecule has 1 saturated heterocycles. The second kappa shape index (κ2) is 5.82. The first-order valence-corrected chi connectivity index (χ1v) is 6.19. The molecule has 0 spiro atoms. The molecule has 1 unspecified atom stereocenters. The van der Waals surface area contributed by atoms with Crippen LogP contribution in [-0.2, 0) is 9.53 Å². The minimum absolute atomic E-state index is 0.0751. The number of aromatic nitrogens is 2. The first kappa shape index (κ1) is 12.1. The maximum Gasteiger partial charge on any atom is 0.249 e. The van der Waals surface area contributed by atoms with Gasteiger partial charge in [-0.2, -0.15) is 5.10 Å². The second-order valence-corrected chi connectivity index (χ2v) is 4.25. The van der Waals surface area contributed by atoms with Crippen molar-refractivity contribution in [1.29, 1.82) is 0 Å². The Hall–Kier alpha value is -1.36. The van der Waals surface area contributed by atoms with Gasteiger partial charge in [-0.05, 0) is 32.3 Å². The van der Waals surface area contributed by atoms with Crippen LogP contribution >= 0.6 is 0 Å². The smallest absolute Gasteiger partial charge is 0.249 e. The van der Waals surface area contributed by atoms with Gasteiger partial charge in [0.25, 0.3) is 0 Å². The summed E-state index contributed by atoms with van der Waals surface area (Å²) in [4.78, 5) is 13.9. The van der Waals surface area contributed by atoms with Gasteiger partial charge >= 0.3 is 0 Å². The lowest BCUT2D eigenvalue weighted by Crippen LogP contribution is -2.40. The van der Waals surface area contributed by atoms with Gasteiger partial charge in [-0.25, -0.2) is 0 Å². The van der Waals surface area contributed by atoms with E-state index in [0.29, 0.717) is 6.61 Å². The topological polar surface area (TPSA) is 58.2 Å². The third kappa shape index (κ3) is 2.85. The molecule has 17 heavy (non-hydrogen) atoms. The van der Waals surface area contributed by atoms with Crippen LogP contribution in [0, 0.1) is 0 Å². The first-order chi connectivity index (χ1) is 8.33. The summed E-state index contributed by atoms with van der Waals surface area (Å²) in [7, 11) is 0. The Labute approximate surface area is 101 Å². The first-order valence-electron chi connectivity index (χ1n) is 6.19. The van der Waals surface area contributed by atoms with Crippen LogP contribution < -0.4 is 0 Å². The Balaban J connectivity index is 2.04. The summed E-state index contributed by atoms with van der Waals surface area (Å²) in [6.45, 7) is 3.47. The fourth-order valence-corrected chi connectivity index (χ4v) is 2.28. The van der Waals surface area contributed by atoms with E-state index in [9.17, 15) is 4.79 Å².